The van der Waals surface area contributed by atoms with Gasteiger partial charge in [0, 0.05) is 18.7 Å². The smallest absolute Gasteiger partial charge is 0.251 e. The first kappa shape index (κ1) is 27.8. The summed E-state index contributed by atoms with van der Waals surface area (Å²) in [5.74, 6) is -1.49. The van der Waals surface area contributed by atoms with Gasteiger partial charge in [-0.25, -0.2) is 12.8 Å². The van der Waals surface area contributed by atoms with Crippen molar-refractivity contribution in [2.45, 2.75) is 31.2 Å². The summed E-state index contributed by atoms with van der Waals surface area (Å²) in [6, 6.07) is 9.17. The van der Waals surface area contributed by atoms with E-state index in [4.69, 9.17) is 27.9 Å². The molecule has 1 aliphatic carbocycles. The van der Waals surface area contributed by atoms with Crippen LogP contribution in [-0.2, 0) is 19.4 Å². The largest absolute Gasteiger partial charge is 0.378 e. The maximum Gasteiger partial charge on any atom is 0.251 e. The highest BCUT2D eigenvalue weighted by Crippen LogP contribution is 2.50. The van der Waals surface area contributed by atoms with Crippen LogP contribution in [-0.4, -0.2) is 69.0 Å². The lowest BCUT2D eigenvalue weighted by molar-refractivity contribution is -0.136. The van der Waals surface area contributed by atoms with E-state index in [1.807, 2.05) is 12.1 Å². The predicted octanol–water partition coefficient (Wildman–Crippen LogP) is 4.09. The molecule has 37 heavy (non-hydrogen) atoms. The number of carbonyl (C=O) groups is 2. The maximum absolute atomic E-state index is 13.2. The maximum atomic E-state index is 13.2. The molecule has 2 aromatic rings. The second-order valence-corrected chi connectivity index (χ2v) is 12.5. The molecule has 7 nitrogen and oxygen atoms in total. The molecule has 0 bridgehead atoms. The number of benzene rings is 2. The molecule has 2 amide bonds. The van der Waals surface area contributed by atoms with Crippen molar-refractivity contribution in [3.8, 4) is 0 Å². The number of ether oxygens (including phenoxy) is 1. The molecule has 1 unspecified atom stereocenters. The molecule has 0 spiro atoms. The average Bonchev–Trinajstić information content (AvgIpc) is 3.65. The quantitative estimate of drug-likeness (QED) is 0.464. The molecule has 1 heterocycles. The van der Waals surface area contributed by atoms with Gasteiger partial charge in [-0.2, -0.15) is 0 Å². The third-order valence-electron chi connectivity index (χ3n) is 6.78. The average molecular weight is 571 g/mol. The first-order valence-electron chi connectivity index (χ1n) is 12.2. The lowest BCUT2D eigenvalue weighted by atomic mass is 10.1. The SMILES string of the molecule is O=C(N[C@@H](CS(=O)(=O)CCCC1C[C@H]1c1ccc(Cl)c(Cl)c1)C(=O)N1CCOCC1)c1ccc(F)cc1. The minimum Gasteiger partial charge on any atom is -0.378 e. The van der Waals surface area contributed by atoms with Gasteiger partial charge in [-0.1, -0.05) is 29.3 Å². The topological polar surface area (TPSA) is 92.8 Å². The molecule has 2 aliphatic rings. The highest BCUT2D eigenvalue weighted by molar-refractivity contribution is 7.91. The Morgan fingerprint density at radius 1 is 1.08 bits per heavy atom. The van der Waals surface area contributed by atoms with E-state index in [2.05, 4.69) is 5.32 Å². The summed E-state index contributed by atoms with van der Waals surface area (Å²) >= 11 is 12.1. The van der Waals surface area contributed by atoms with E-state index >= 15 is 0 Å². The molecule has 1 N–H and O–H groups in total. The van der Waals surface area contributed by atoms with Gasteiger partial charge < -0.3 is 15.0 Å². The highest BCUT2D eigenvalue weighted by Gasteiger charge is 2.38. The van der Waals surface area contributed by atoms with Crippen LogP contribution in [0.25, 0.3) is 0 Å². The van der Waals surface area contributed by atoms with Gasteiger partial charge >= 0.3 is 0 Å². The van der Waals surface area contributed by atoms with Crippen molar-refractivity contribution < 1.29 is 27.1 Å². The normalized spacial score (nSPS) is 20.4. The summed E-state index contributed by atoms with van der Waals surface area (Å²) in [6.07, 6.45) is 2.15. The number of carbonyl (C=O) groups excluding carboxylic acids is 2. The monoisotopic (exact) mass is 570 g/mol. The van der Waals surface area contributed by atoms with E-state index in [0.717, 1.165) is 30.5 Å². The minimum absolute atomic E-state index is 0.0864. The molecular weight excluding hydrogens is 542 g/mol. The third kappa shape index (κ3) is 7.66. The number of rotatable bonds is 10. The molecule has 0 radical (unpaired) electrons. The third-order valence-corrected chi connectivity index (χ3v) is 9.27. The van der Waals surface area contributed by atoms with Crippen molar-refractivity contribution in [3.05, 3.63) is 69.5 Å². The zero-order chi connectivity index (χ0) is 26.6. The number of hydrogen-bond acceptors (Lipinski definition) is 5. The molecule has 2 aromatic carbocycles. The van der Waals surface area contributed by atoms with Crippen LogP contribution in [0.1, 0.15) is 41.1 Å². The lowest BCUT2D eigenvalue weighted by Crippen LogP contribution is -2.54. The zero-order valence-electron chi connectivity index (χ0n) is 20.2. The van der Waals surface area contributed by atoms with Gasteiger partial charge in [0.15, 0.2) is 9.84 Å². The van der Waals surface area contributed by atoms with Crippen molar-refractivity contribution in [2.75, 3.05) is 37.8 Å². The first-order valence-corrected chi connectivity index (χ1v) is 14.8. The number of amides is 2. The molecule has 1 saturated carbocycles. The van der Waals surface area contributed by atoms with Crippen LogP contribution in [0.15, 0.2) is 42.5 Å². The number of halogens is 3. The van der Waals surface area contributed by atoms with Gasteiger partial charge in [0.2, 0.25) is 5.91 Å². The Kier molecular flexibility index (Phi) is 9.11. The fourth-order valence-electron chi connectivity index (χ4n) is 4.64. The van der Waals surface area contributed by atoms with Crippen molar-refractivity contribution in [1.82, 2.24) is 10.2 Å². The van der Waals surface area contributed by atoms with Crippen LogP contribution in [0.5, 0.6) is 0 Å². The number of nitrogens with zero attached hydrogens (tertiary/aromatic N) is 1. The summed E-state index contributed by atoms with van der Waals surface area (Å²) in [6.45, 7) is 1.33. The molecule has 2 fully saturated rings. The van der Waals surface area contributed by atoms with Crippen molar-refractivity contribution in [2.24, 2.45) is 5.92 Å². The van der Waals surface area contributed by atoms with Crippen LogP contribution < -0.4 is 5.32 Å². The summed E-state index contributed by atoms with van der Waals surface area (Å²) in [4.78, 5) is 27.4. The summed E-state index contributed by atoms with van der Waals surface area (Å²) < 4.78 is 44.5. The molecule has 1 aliphatic heterocycles. The van der Waals surface area contributed by atoms with Gasteiger partial charge in [0.1, 0.15) is 11.9 Å². The van der Waals surface area contributed by atoms with Crippen LogP contribution in [0, 0.1) is 11.7 Å². The van der Waals surface area contributed by atoms with E-state index in [1.54, 1.807) is 6.07 Å². The Morgan fingerprint density at radius 2 is 1.78 bits per heavy atom. The van der Waals surface area contributed by atoms with Crippen LogP contribution in [0.3, 0.4) is 0 Å². The Hall–Kier alpha value is -2.20. The lowest BCUT2D eigenvalue weighted by Gasteiger charge is -2.30. The predicted molar refractivity (Wildman–Crippen MR) is 140 cm³/mol. The highest BCUT2D eigenvalue weighted by atomic mass is 35.5. The summed E-state index contributed by atoms with van der Waals surface area (Å²) in [5, 5.41) is 3.57. The van der Waals surface area contributed by atoms with Gasteiger partial charge in [-0.3, -0.25) is 9.59 Å². The first-order chi connectivity index (χ1) is 17.6. The van der Waals surface area contributed by atoms with E-state index in [9.17, 15) is 22.4 Å². The van der Waals surface area contributed by atoms with Crippen LogP contribution >= 0.6 is 23.2 Å². The summed E-state index contributed by atoms with van der Waals surface area (Å²) in [5.41, 5.74) is 1.24. The number of sulfone groups is 1. The van der Waals surface area contributed by atoms with E-state index in [1.165, 1.54) is 17.0 Å². The molecule has 1 saturated heterocycles. The standard InChI is InChI=1S/C26H29Cl2FN2O5S/c27-22-8-5-19(15-23(22)28)21-14-18(21)2-1-13-37(34,35)16-24(26(33)31-9-11-36-12-10-31)30-25(32)17-3-6-20(29)7-4-17/h3-8,15,18,21,24H,1-2,9-14,16H2,(H,30,32)/t18?,21-,24+/m1/s1. The molecule has 3 atom stereocenters. The molecular formula is C26H29Cl2FN2O5S. The van der Waals surface area contributed by atoms with Gasteiger partial charge in [-0.05, 0) is 73.1 Å². The van der Waals surface area contributed by atoms with Crippen LogP contribution in [0.2, 0.25) is 10.0 Å². The fraction of sp³-hybridized carbons (Fsp3) is 0.462. The van der Waals surface area contributed by atoms with Crippen molar-refractivity contribution in [3.63, 3.8) is 0 Å². The van der Waals surface area contributed by atoms with E-state index in [0.29, 0.717) is 54.6 Å². The van der Waals surface area contributed by atoms with Gasteiger partial charge in [0.05, 0.1) is 34.8 Å². The van der Waals surface area contributed by atoms with Crippen molar-refractivity contribution in [1.29, 1.82) is 0 Å². The fourth-order valence-corrected chi connectivity index (χ4v) is 6.46. The molecule has 11 heteroatoms. The van der Waals surface area contributed by atoms with E-state index in [-0.39, 0.29) is 11.3 Å². The summed E-state index contributed by atoms with van der Waals surface area (Å²) in [7, 11) is -3.65. The molecule has 4 rings (SSSR count). The van der Waals surface area contributed by atoms with Gasteiger partial charge in [-0.15, -0.1) is 0 Å². The second kappa shape index (κ2) is 12.1. The Bertz CT molecular complexity index is 1240. The van der Waals surface area contributed by atoms with E-state index < -0.39 is 39.3 Å². The second-order valence-electron chi connectivity index (χ2n) is 9.50. The Morgan fingerprint density at radius 3 is 2.46 bits per heavy atom. The molecule has 200 valence electrons. The zero-order valence-corrected chi connectivity index (χ0v) is 22.5. The number of morpholine rings is 1. The molecule has 0 aromatic heterocycles. The number of nitrogens with one attached hydrogen (secondary N) is 1. The Balaban J connectivity index is 1.35. The Labute approximate surface area is 226 Å². The minimum atomic E-state index is -3.65. The van der Waals surface area contributed by atoms with Crippen LogP contribution in [0.4, 0.5) is 4.39 Å². The number of hydrogen-bond donors (Lipinski definition) is 1. The van der Waals surface area contributed by atoms with Crippen molar-refractivity contribution >= 4 is 44.9 Å². The van der Waals surface area contributed by atoms with Gasteiger partial charge in [0.25, 0.3) is 5.91 Å².